The molecule has 1 saturated heterocycles. The third kappa shape index (κ3) is 5.51. The summed E-state index contributed by atoms with van der Waals surface area (Å²) in [5, 5.41) is 12.6. The van der Waals surface area contributed by atoms with Gasteiger partial charge >= 0.3 is 0 Å². The van der Waals surface area contributed by atoms with Gasteiger partial charge in [0.25, 0.3) is 5.91 Å². The fourth-order valence-corrected chi connectivity index (χ4v) is 4.23. The highest BCUT2D eigenvalue weighted by Crippen LogP contribution is 2.35. The smallest absolute Gasteiger partial charge is 0.257 e. The Labute approximate surface area is 194 Å². The van der Waals surface area contributed by atoms with Crippen molar-refractivity contribution in [2.45, 2.75) is 38.3 Å². The van der Waals surface area contributed by atoms with Crippen molar-refractivity contribution >= 4 is 5.91 Å². The summed E-state index contributed by atoms with van der Waals surface area (Å²) in [4.78, 5) is 21.1. The van der Waals surface area contributed by atoms with Gasteiger partial charge in [-0.05, 0) is 67.9 Å². The maximum absolute atomic E-state index is 12.8. The summed E-state index contributed by atoms with van der Waals surface area (Å²) >= 11 is 0. The first-order chi connectivity index (χ1) is 16.1. The molecule has 4 rings (SSSR count). The van der Waals surface area contributed by atoms with E-state index in [1.54, 1.807) is 38.3 Å². The van der Waals surface area contributed by atoms with Crippen LogP contribution in [0.3, 0.4) is 0 Å². The predicted octanol–water partition coefficient (Wildman–Crippen LogP) is 3.20. The highest BCUT2D eigenvalue weighted by molar-refractivity contribution is 5.75. The fraction of sp³-hybridized carbons (Fsp3) is 0.480. The van der Waals surface area contributed by atoms with E-state index >= 15 is 0 Å². The molecule has 0 saturated carbocycles. The van der Waals surface area contributed by atoms with Gasteiger partial charge in [-0.25, -0.2) is 0 Å². The second-order valence-electron chi connectivity index (χ2n) is 8.27. The summed E-state index contributed by atoms with van der Waals surface area (Å²) in [5.74, 6) is 1.77. The third-order valence-electron chi connectivity index (χ3n) is 6.06. The SMILES string of the molecule is CCC(=O)N(Oc1ccc(OC)cc1)[C@@H](O)[C@H](CN1CCCC1)c1ccc2c(c1)OCCO2. The average Bonchev–Trinajstić information content (AvgIpc) is 3.38. The number of carbonyl (C=O) groups is 1. The molecule has 2 heterocycles. The van der Waals surface area contributed by atoms with Crippen molar-refractivity contribution < 1.29 is 28.9 Å². The lowest BCUT2D eigenvalue weighted by Gasteiger charge is -2.35. The molecular formula is C25H32N2O6. The molecule has 0 unspecified atom stereocenters. The van der Waals surface area contributed by atoms with E-state index in [2.05, 4.69) is 4.90 Å². The van der Waals surface area contributed by atoms with Gasteiger partial charge in [0.15, 0.2) is 23.5 Å². The zero-order chi connectivity index (χ0) is 23.2. The fourth-order valence-electron chi connectivity index (χ4n) is 4.23. The highest BCUT2D eigenvalue weighted by atomic mass is 16.7. The molecule has 0 aromatic heterocycles. The van der Waals surface area contributed by atoms with Crippen LogP contribution >= 0.6 is 0 Å². The van der Waals surface area contributed by atoms with E-state index in [9.17, 15) is 9.90 Å². The Morgan fingerprint density at radius 3 is 2.39 bits per heavy atom. The first kappa shape index (κ1) is 23.2. The van der Waals surface area contributed by atoms with Gasteiger partial charge in [0.05, 0.1) is 7.11 Å². The zero-order valence-electron chi connectivity index (χ0n) is 19.2. The van der Waals surface area contributed by atoms with Gasteiger partial charge in [-0.1, -0.05) is 13.0 Å². The molecule has 2 aromatic rings. The number of hydrogen-bond acceptors (Lipinski definition) is 7. The van der Waals surface area contributed by atoms with E-state index in [-0.39, 0.29) is 12.3 Å². The number of fused-ring (bicyclic) bond motifs is 1. The van der Waals surface area contributed by atoms with E-state index < -0.39 is 12.1 Å². The maximum Gasteiger partial charge on any atom is 0.257 e. The summed E-state index contributed by atoms with van der Waals surface area (Å²) < 4.78 is 16.6. The molecule has 1 N–H and O–H groups in total. The molecule has 2 aliphatic heterocycles. The molecule has 0 radical (unpaired) electrons. The van der Waals surface area contributed by atoms with Crippen molar-refractivity contribution in [3.05, 3.63) is 48.0 Å². The van der Waals surface area contributed by atoms with Crippen LogP contribution in [0.4, 0.5) is 0 Å². The predicted molar refractivity (Wildman–Crippen MR) is 123 cm³/mol. The van der Waals surface area contributed by atoms with Crippen LogP contribution in [0.5, 0.6) is 23.0 Å². The van der Waals surface area contributed by atoms with Crippen LogP contribution in [-0.4, -0.2) is 67.2 Å². The summed E-state index contributed by atoms with van der Waals surface area (Å²) in [6.07, 6.45) is 1.27. The Morgan fingerprint density at radius 1 is 1.06 bits per heavy atom. The van der Waals surface area contributed by atoms with E-state index in [1.165, 1.54) is 0 Å². The van der Waals surface area contributed by atoms with Crippen molar-refractivity contribution in [2.24, 2.45) is 0 Å². The van der Waals surface area contributed by atoms with Crippen molar-refractivity contribution in [1.29, 1.82) is 0 Å². The Bertz CT molecular complexity index is 929. The molecule has 2 aliphatic rings. The number of nitrogens with zero attached hydrogens (tertiary/aromatic N) is 2. The lowest BCUT2D eigenvalue weighted by molar-refractivity contribution is -0.197. The second-order valence-corrected chi connectivity index (χ2v) is 8.27. The first-order valence-corrected chi connectivity index (χ1v) is 11.5. The van der Waals surface area contributed by atoms with Crippen LogP contribution in [0, 0.1) is 0 Å². The standard InChI is InChI=1S/C25H32N2O6/c1-3-24(28)27(33-20-9-7-19(30-2)8-10-20)25(29)21(17-26-12-4-5-13-26)18-6-11-22-23(16-18)32-15-14-31-22/h6-11,16,21,25,29H,3-5,12-15,17H2,1-2H3/t21-,25+/m1/s1. The molecule has 2 atom stereocenters. The van der Waals surface area contributed by atoms with Crippen LogP contribution in [0.15, 0.2) is 42.5 Å². The molecule has 0 aliphatic carbocycles. The molecule has 1 amide bonds. The van der Waals surface area contributed by atoms with Crippen molar-refractivity contribution in [1.82, 2.24) is 9.96 Å². The minimum absolute atomic E-state index is 0.199. The Hall–Kier alpha value is -2.97. The molecule has 33 heavy (non-hydrogen) atoms. The lowest BCUT2D eigenvalue weighted by atomic mass is 9.95. The molecule has 2 aromatic carbocycles. The van der Waals surface area contributed by atoms with Crippen LogP contribution in [0.2, 0.25) is 0 Å². The average molecular weight is 457 g/mol. The van der Waals surface area contributed by atoms with E-state index in [4.69, 9.17) is 19.0 Å². The van der Waals surface area contributed by atoms with E-state index in [0.717, 1.165) is 36.6 Å². The highest BCUT2D eigenvalue weighted by Gasteiger charge is 2.34. The Morgan fingerprint density at radius 2 is 1.73 bits per heavy atom. The van der Waals surface area contributed by atoms with Crippen molar-refractivity contribution in [3.63, 3.8) is 0 Å². The Kier molecular flexibility index (Phi) is 7.57. The van der Waals surface area contributed by atoms with E-state index in [0.29, 0.717) is 42.8 Å². The summed E-state index contributed by atoms with van der Waals surface area (Å²) in [7, 11) is 1.59. The summed E-state index contributed by atoms with van der Waals surface area (Å²) in [6.45, 7) is 5.28. The van der Waals surface area contributed by atoms with E-state index in [1.807, 2.05) is 18.2 Å². The number of aliphatic hydroxyl groups is 1. The van der Waals surface area contributed by atoms with Crippen LogP contribution in [0.25, 0.3) is 0 Å². The first-order valence-electron chi connectivity index (χ1n) is 11.5. The number of methoxy groups -OCH3 is 1. The van der Waals surface area contributed by atoms with Crippen LogP contribution < -0.4 is 19.0 Å². The number of hydrogen-bond donors (Lipinski definition) is 1. The van der Waals surface area contributed by atoms with Gasteiger partial charge in [0.2, 0.25) is 0 Å². The lowest BCUT2D eigenvalue weighted by Crippen LogP contribution is -2.48. The topological polar surface area (TPSA) is 80.7 Å². The van der Waals surface area contributed by atoms with Gasteiger partial charge in [-0.2, -0.15) is 0 Å². The number of hydroxylamine groups is 2. The van der Waals surface area contributed by atoms with Crippen molar-refractivity contribution in [3.8, 4) is 23.0 Å². The van der Waals surface area contributed by atoms with Gasteiger partial charge in [0.1, 0.15) is 19.0 Å². The van der Waals surface area contributed by atoms with Gasteiger partial charge in [-0.15, -0.1) is 5.06 Å². The summed E-state index contributed by atoms with van der Waals surface area (Å²) in [5.41, 5.74) is 0.867. The van der Waals surface area contributed by atoms with Gasteiger partial charge < -0.3 is 29.1 Å². The summed E-state index contributed by atoms with van der Waals surface area (Å²) in [6, 6.07) is 12.6. The number of amides is 1. The van der Waals surface area contributed by atoms with Crippen molar-refractivity contribution in [2.75, 3.05) is 40.0 Å². The third-order valence-corrected chi connectivity index (χ3v) is 6.06. The molecule has 8 nitrogen and oxygen atoms in total. The molecule has 8 heteroatoms. The minimum Gasteiger partial charge on any atom is -0.497 e. The maximum atomic E-state index is 12.8. The molecule has 0 bridgehead atoms. The monoisotopic (exact) mass is 456 g/mol. The normalized spacial score (nSPS) is 17.3. The largest absolute Gasteiger partial charge is 0.497 e. The molecular weight excluding hydrogens is 424 g/mol. The van der Waals surface area contributed by atoms with Crippen LogP contribution in [0.1, 0.15) is 37.7 Å². The molecule has 1 fully saturated rings. The molecule has 0 spiro atoms. The molecule has 178 valence electrons. The van der Waals surface area contributed by atoms with Gasteiger partial charge in [0, 0.05) is 18.9 Å². The zero-order valence-corrected chi connectivity index (χ0v) is 19.2. The number of rotatable bonds is 9. The number of aliphatic hydroxyl groups excluding tert-OH is 1. The number of ether oxygens (including phenoxy) is 3. The quantitative estimate of drug-likeness (QED) is 0.458. The number of carbonyl (C=O) groups excluding carboxylic acids is 1. The Balaban J connectivity index is 1.62. The minimum atomic E-state index is -1.19. The number of benzene rings is 2. The van der Waals surface area contributed by atoms with Crippen LogP contribution in [-0.2, 0) is 4.79 Å². The second kappa shape index (κ2) is 10.8. The number of likely N-dealkylation sites (tertiary alicyclic amines) is 1. The van der Waals surface area contributed by atoms with Gasteiger partial charge in [-0.3, -0.25) is 4.79 Å².